The van der Waals surface area contributed by atoms with E-state index in [0.717, 1.165) is 31.6 Å². The fraction of sp³-hybridized carbons (Fsp3) is 0.750. The average Bonchev–Trinajstić information content (AvgIpc) is 2.60. The zero-order valence-electron chi connectivity index (χ0n) is 10.7. The number of carboxylic acid groups (broad SMARTS) is 1. The van der Waals surface area contributed by atoms with Crippen molar-refractivity contribution in [2.75, 3.05) is 13.1 Å². The summed E-state index contributed by atoms with van der Waals surface area (Å²) in [7, 11) is 0. The molecule has 1 N–H and O–H groups in total. The zero-order chi connectivity index (χ0) is 12.3. The SMILES string of the molecule is CCC1=C(C(=O)O)N(CC)C(CC)N1CC. The van der Waals surface area contributed by atoms with E-state index in [1.165, 1.54) is 0 Å². The van der Waals surface area contributed by atoms with Gasteiger partial charge in [-0.05, 0) is 26.7 Å². The first-order chi connectivity index (χ1) is 7.62. The van der Waals surface area contributed by atoms with Gasteiger partial charge in [-0.15, -0.1) is 0 Å². The largest absolute Gasteiger partial charge is 0.477 e. The van der Waals surface area contributed by atoms with Crippen LogP contribution in [-0.2, 0) is 4.79 Å². The Morgan fingerprint density at radius 1 is 1.19 bits per heavy atom. The van der Waals surface area contributed by atoms with Crippen molar-refractivity contribution in [3.63, 3.8) is 0 Å². The van der Waals surface area contributed by atoms with E-state index < -0.39 is 5.97 Å². The molecule has 1 rings (SSSR count). The monoisotopic (exact) mass is 226 g/mol. The minimum atomic E-state index is -0.798. The maximum Gasteiger partial charge on any atom is 0.354 e. The Morgan fingerprint density at radius 3 is 2.06 bits per heavy atom. The fourth-order valence-electron chi connectivity index (χ4n) is 2.63. The highest BCUT2D eigenvalue weighted by Crippen LogP contribution is 2.32. The van der Waals surface area contributed by atoms with Crippen LogP contribution in [0.2, 0.25) is 0 Å². The van der Waals surface area contributed by atoms with Gasteiger partial charge in [0.15, 0.2) is 0 Å². The number of hydrogen-bond acceptors (Lipinski definition) is 3. The first-order valence-electron chi connectivity index (χ1n) is 6.11. The minimum absolute atomic E-state index is 0.219. The van der Waals surface area contributed by atoms with Gasteiger partial charge in [-0.1, -0.05) is 13.8 Å². The second-order valence-electron chi connectivity index (χ2n) is 3.91. The molecule has 0 aromatic heterocycles. The van der Waals surface area contributed by atoms with Gasteiger partial charge >= 0.3 is 5.97 Å². The normalized spacial score (nSPS) is 20.9. The number of nitrogens with zero attached hydrogens (tertiary/aromatic N) is 2. The smallest absolute Gasteiger partial charge is 0.354 e. The summed E-state index contributed by atoms with van der Waals surface area (Å²) in [4.78, 5) is 15.6. The van der Waals surface area contributed by atoms with Crippen LogP contribution in [-0.4, -0.2) is 40.1 Å². The number of carboxylic acids is 1. The topological polar surface area (TPSA) is 43.8 Å². The molecular formula is C12H22N2O2. The molecule has 92 valence electrons. The molecule has 1 aliphatic rings. The summed E-state index contributed by atoms with van der Waals surface area (Å²) in [5.74, 6) is -0.798. The quantitative estimate of drug-likeness (QED) is 0.779. The molecule has 0 radical (unpaired) electrons. The molecule has 0 aliphatic carbocycles. The molecule has 0 spiro atoms. The highest BCUT2D eigenvalue weighted by molar-refractivity contribution is 5.87. The lowest BCUT2D eigenvalue weighted by Gasteiger charge is -2.32. The summed E-state index contributed by atoms with van der Waals surface area (Å²) in [6.07, 6.45) is 1.95. The van der Waals surface area contributed by atoms with Gasteiger partial charge in [-0.2, -0.15) is 0 Å². The molecule has 4 nitrogen and oxygen atoms in total. The third-order valence-electron chi connectivity index (χ3n) is 3.21. The first kappa shape index (κ1) is 12.9. The van der Waals surface area contributed by atoms with Crippen molar-refractivity contribution < 1.29 is 9.90 Å². The van der Waals surface area contributed by atoms with Crippen molar-refractivity contribution in [2.24, 2.45) is 0 Å². The van der Waals surface area contributed by atoms with E-state index in [0.29, 0.717) is 5.70 Å². The lowest BCUT2D eigenvalue weighted by molar-refractivity contribution is -0.134. The van der Waals surface area contributed by atoms with Crippen LogP contribution in [0.15, 0.2) is 11.4 Å². The molecule has 0 saturated heterocycles. The van der Waals surface area contributed by atoms with Crippen LogP contribution in [0.1, 0.15) is 40.5 Å². The van der Waals surface area contributed by atoms with Crippen molar-refractivity contribution in [3.8, 4) is 0 Å². The highest BCUT2D eigenvalue weighted by Gasteiger charge is 2.37. The predicted molar refractivity (Wildman–Crippen MR) is 63.8 cm³/mol. The van der Waals surface area contributed by atoms with Crippen LogP contribution in [0.25, 0.3) is 0 Å². The maximum absolute atomic E-state index is 11.3. The van der Waals surface area contributed by atoms with E-state index in [1.807, 2.05) is 18.7 Å². The van der Waals surface area contributed by atoms with Crippen molar-refractivity contribution in [3.05, 3.63) is 11.4 Å². The second-order valence-corrected chi connectivity index (χ2v) is 3.91. The van der Waals surface area contributed by atoms with Crippen molar-refractivity contribution >= 4 is 5.97 Å². The highest BCUT2D eigenvalue weighted by atomic mass is 16.4. The summed E-state index contributed by atoms with van der Waals surface area (Å²) in [6, 6.07) is 0. The summed E-state index contributed by atoms with van der Waals surface area (Å²) >= 11 is 0. The molecule has 1 unspecified atom stereocenters. The van der Waals surface area contributed by atoms with Gasteiger partial charge in [0.1, 0.15) is 11.9 Å². The number of rotatable bonds is 5. The van der Waals surface area contributed by atoms with Gasteiger partial charge in [0.25, 0.3) is 0 Å². The number of hydrogen-bond donors (Lipinski definition) is 1. The van der Waals surface area contributed by atoms with Crippen molar-refractivity contribution in [1.82, 2.24) is 9.80 Å². The van der Waals surface area contributed by atoms with Crippen LogP contribution in [0.3, 0.4) is 0 Å². The zero-order valence-corrected chi connectivity index (χ0v) is 10.7. The van der Waals surface area contributed by atoms with E-state index in [1.54, 1.807) is 0 Å². The molecule has 1 atom stereocenters. The van der Waals surface area contributed by atoms with Gasteiger partial charge in [0.2, 0.25) is 0 Å². The molecule has 4 heteroatoms. The van der Waals surface area contributed by atoms with Gasteiger partial charge in [0.05, 0.1) is 0 Å². The van der Waals surface area contributed by atoms with Crippen LogP contribution < -0.4 is 0 Å². The van der Waals surface area contributed by atoms with Crippen molar-refractivity contribution in [1.29, 1.82) is 0 Å². The van der Waals surface area contributed by atoms with E-state index in [4.69, 9.17) is 0 Å². The fourth-order valence-corrected chi connectivity index (χ4v) is 2.63. The number of carbonyl (C=O) groups is 1. The van der Waals surface area contributed by atoms with Gasteiger partial charge < -0.3 is 14.9 Å². The van der Waals surface area contributed by atoms with E-state index >= 15 is 0 Å². The summed E-state index contributed by atoms with van der Waals surface area (Å²) in [5, 5.41) is 9.32. The van der Waals surface area contributed by atoms with Crippen LogP contribution in [0.4, 0.5) is 0 Å². The molecule has 1 heterocycles. The van der Waals surface area contributed by atoms with Crippen LogP contribution >= 0.6 is 0 Å². The summed E-state index contributed by atoms with van der Waals surface area (Å²) in [6.45, 7) is 9.84. The lowest BCUT2D eigenvalue weighted by Crippen LogP contribution is -2.40. The summed E-state index contributed by atoms with van der Waals surface area (Å²) in [5.41, 5.74) is 1.47. The second kappa shape index (κ2) is 5.23. The molecule has 0 bridgehead atoms. The molecule has 0 fully saturated rings. The maximum atomic E-state index is 11.3. The molecular weight excluding hydrogens is 204 g/mol. The lowest BCUT2D eigenvalue weighted by atomic mass is 10.2. The Balaban J connectivity index is 3.17. The van der Waals surface area contributed by atoms with E-state index in [9.17, 15) is 9.90 Å². The molecule has 16 heavy (non-hydrogen) atoms. The summed E-state index contributed by atoms with van der Waals surface area (Å²) < 4.78 is 0. The Morgan fingerprint density at radius 2 is 1.75 bits per heavy atom. The number of aliphatic carboxylic acids is 1. The van der Waals surface area contributed by atoms with E-state index in [2.05, 4.69) is 18.7 Å². The van der Waals surface area contributed by atoms with Gasteiger partial charge in [-0.3, -0.25) is 0 Å². The van der Waals surface area contributed by atoms with Crippen molar-refractivity contribution in [2.45, 2.75) is 46.7 Å². The van der Waals surface area contributed by atoms with Gasteiger partial charge in [0, 0.05) is 18.8 Å². The standard InChI is InChI=1S/C12H22N2O2/c1-5-9-11(12(15)16)14(8-4)10(6-2)13(9)7-3/h10H,5-8H2,1-4H3,(H,15,16). The Hall–Kier alpha value is -1.19. The molecule has 0 amide bonds. The third kappa shape index (κ3) is 1.88. The van der Waals surface area contributed by atoms with Crippen LogP contribution in [0.5, 0.6) is 0 Å². The van der Waals surface area contributed by atoms with E-state index in [-0.39, 0.29) is 6.17 Å². The first-order valence-corrected chi connectivity index (χ1v) is 6.11. The Kier molecular flexibility index (Phi) is 4.21. The molecule has 0 aromatic carbocycles. The molecule has 0 aromatic rings. The Labute approximate surface area is 97.5 Å². The minimum Gasteiger partial charge on any atom is -0.477 e. The Bertz CT molecular complexity index is 299. The number of allylic oxidation sites excluding steroid dienone is 1. The molecule has 1 aliphatic heterocycles. The average molecular weight is 226 g/mol. The van der Waals surface area contributed by atoms with Gasteiger partial charge in [-0.25, -0.2) is 4.79 Å². The number of likely N-dealkylation sites (N-methyl/N-ethyl adjacent to an activating group) is 1. The van der Waals surface area contributed by atoms with Crippen LogP contribution in [0, 0.1) is 0 Å². The third-order valence-corrected chi connectivity index (χ3v) is 3.21. The molecule has 0 saturated carbocycles. The predicted octanol–water partition coefficient (Wildman–Crippen LogP) is 2.09.